The maximum Gasteiger partial charge on any atom is 0.451 e. The molecule has 5 nitrogen and oxygen atoms in total. The lowest BCUT2D eigenvalue weighted by atomic mass is 10.1. The van der Waals surface area contributed by atoms with E-state index >= 15 is 0 Å². The van der Waals surface area contributed by atoms with Crippen LogP contribution in [0.25, 0.3) is 10.9 Å². The Labute approximate surface area is 160 Å². The molecular formula is C20H21F3N4O. The van der Waals surface area contributed by atoms with Crippen LogP contribution < -0.4 is 5.32 Å². The van der Waals surface area contributed by atoms with Gasteiger partial charge in [-0.1, -0.05) is 18.6 Å². The zero-order valence-electron chi connectivity index (χ0n) is 15.2. The van der Waals surface area contributed by atoms with E-state index in [-0.39, 0.29) is 17.4 Å². The molecule has 0 amide bonds. The fraction of sp³-hybridized carbons (Fsp3) is 0.400. The number of fused-ring (bicyclic) bond motifs is 1. The number of furan rings is 1. The summed E-state index contributed by atoms with van der Waals surface area (Å²) in [5.41, 5.74) is 0.264. The Morgan fingerprint density at radius 2 is 1.82 bits per heavy atom. The second kappa shape index (κ2) is 7.79. The van der Waals surface area contributed by atoms with Gasteiger partial charge >= 0.3 is 6.18 Å². The Morgan fingerprint density at radius 1 is 1.04 bits per heavy atom. The zero-order valence-corrected chi connectivity index (χ0v) is 15.2. The van der Waals surface area contributed by atoms with Crippen LogP contribution in [0.5, 0.6) is 0 Å². The van der Waals surface area contributed by atoms with Gasteiger partial charge < -0.3 is 9.73 Å². The Hall–Kier alpha value is -2.61. The number of likely N-dealkylation sites (tertiary alicyclic amines) is 1. The van der Waals surface area contributed by atoms with Gasteiger partial charge in [-0.25, -0.2) is 9.97 Å². The molecule has 3 heterocycles. The van der Waals surface area contributed by atoms with Gasteiger partial charge in [-0.3, -0.25) is 4.90 Å². The lowest BCUT2D eigenvalue weighted by Gasteiger charge is -2.33. The number of para-hydroxylation sites is 1. The number of hydrogen-bond acceptors (Lipinski definition) is 5. The van der Waals surface area contributed by atoms with Crippen molar-refractivity contribution < 1.29 is 17.6 Å². The number of halogens is 3. The van der Waals surface area contributed by atoms with Crippen molar-refractivity contribution in [3.63, 3.8) is 0 Å². The van der Waals surface area contributed by atoms with E-state index in [1.165, 1.54) is 6.42 Å². The van der Waals surface area contributed by atoms with Gasteiger partial charge in [-0.15, -0.1) is 0 Å². The Balaban J connectivity index is 1.64. The second-order valence-corrected chi connectivity index (χ2v) is 6.92. The monoisotopic (exact) mass is 390 g/mol. The summed E-state index contributed by atoms with van der Waals surface area (Å²) in [4.78, 5) is 9.75. The van der Waals surface area contributed by atoms with Gasteiger partial charge in [0.1, 0.15) is 11.6 Å². The molecule has 1 saturated heterocycles. The molecule has 8 heteroatoms. The van der Waals surface area contributed by atoms with Crippen molar-refractivity contribution in [3.05, 3.63) is 54.2 Å². The highest BCUT2D eigenvalue weighted by atomic mass is 19.4. The van der Waals surface area contributed by atoms with Crippen LogP contribution in [0.4, 0.5) is 19.0 Å². The van der Waals surface area contributed by atoms with Gasteiger partial charge in [0, 0.05) is 11.9 Å². The summed E-state index contributed by atoms with van der Waals surface area (Å²) in [5, 5.41) is 3.70. The van der Waals surface area contributed by atoms with Gasteiger partial charge in [-0.05, 0) is 50.2 Å². The average molecular weight is 390 g/mol. The van der Waals surface area contributed by atoms with Crippen LogP contribution in [0.1, 0.15) is 36.9 Å². The molecule has 0 aliphatic carbocycles. The van der Waals surface area contributed by atoms with Gasteiger partial charge in [-0.2, -0.15) is 13.2 Å². The third-order valence-corrected chi connectivity index (χ3v) is 5.02. The van der Waals surface area contributed by atoms with Crippen molar-refractivity contribution in [2.24, 2.45) is 0 Å². The van der Waals surface area contributed by atoms with Gasteiger partial charge in [0.05, 0.1) is 17.8 Å². The van der Waals surface area contributed by atoms with Crippen molar-refractivity contribution in [2.75, 3.05) is 25.0 Å². The molecular weight excluding hydrogens is 369 g/mol. The van der Waals surface area contributed by atoms with Crippen LogP contribution in [0.15, 0.2) is 47.1 Å². The summed E-state index contributed by atoms with van der Waals surface area (Å²) in [6, 6.07) is 10.4. The first kappa shape index (κ1) is 18.7. The van der Waals surface area contributed by atoms with Crippen molar-refractivity contribution in [3.8, 4) is 0 Å². The van der Waals surface area contributed by atoms with Crippen molar-refractivity contribution in [1.29, 1.82) is 0 Å². The van der Waals surface area contributed by atoms with Crippen LogP contribution >= 0.6 is 0 Å². The first-order chi connectivity index (χ1) is 13.5. The quantitative estimate of drug-likeness (QED) is 0.673. The summed E-state index contributed by atoms with van der Waals surface area (Å²) in [7, 11) is 0. The summed E-state index contributed by atoms with van der Waals surface area (Å²) in [6.45, 7) is 2.27. The fourth-order valence-electron chi connectivity index (χ4n) is 3.65. The topological polar surface area (TPSA) is 54.2 Å². The Morgan fingerprint density at radius 3 is 2.54 bits per heavy atom. The Bertz CT molecular complexity index is 921. The maximum absolute atomic E-state index is 13.2. The second-order valence-electron chi connectivity index (χ2n) is 6.92. The molecule has 1 atom stereocenters. The average Bonchev–Trinajstić information content (AvgIpc) is 3.22. The minimum absolute atomic E-state index is 0.0710. The number of hydrogen-bond donors (Lipinski definition) is 1. The molecule has 1 N–H and O–H groups in total. The fourth-order valence-corrected chi connectivity index (χ4v) is 3.65. The largest absolute Gasteiger partial charge is 0.468 e. The molecule has 4 rings (SSSR count). The molecule has 1 fully saturated rings. The van der Waals surface area contributed by atoms with Crippen LogP contribution in [0.3, 0.4) is 0 Å². The van der Waals surface area contributed by atoms with E-state index in [0.717, 1.165) is 31.7 Å². The molecule has 1 aliphatic rings. The molecule has 3 aromatic rings. The Kier molecular flexibility index (Phi) is 5.21. The highest BCUT2D eigenvalue weighted by Crippen LogP contribution is 2.31. The molecule has 28 heavy (non-hydrogen) atoms. The van der Waals surface area contributed by atoms with E-state index < -0.39 is 12.0 Å². The van der Waals surface area contributed by atoms with E-state index in [2.05, 4.69) is 20.2 Å². The predicted molar refractivity (Wildman–Crippen MR) is 99.9 cm³/mol. The molecule has 0 spiro atoms. The van der Waals surface area contributed by atoms with Crippen molar-refractivity contribution in [1.82, 2.24) is 14.9 Å². The normalized spacial score (nSPS) is 17.0. The molecule has 1 aliphatic heterocycles. The molecule has 1 aromatic carbocycles. The molecule has 0 bridgehead atoms. The predicted octanol–water partition coefficient (Wildman–Crippen LogP) is 4.88. The lowest BCUT2D eigenvalue weighted by molar-refractivity contribution is -0.144. The highest BCUT2D eigenvalue weighted by molar-refractivity contribution is 5.89. The highest BCUT2D eigenvalue weighted by Gasteiger charge is 2.35. The third-order valence-electron chi connectivity index (χ3n) is 5.02. The molecule has 0 unspecified atom stereocenters. The first-order valence-corrected chi connectivity index (χ1v) is 9.38. The standard InChI is InChI=1S/C20H21F3N4O/c21-20(22,23)19-25-15-8-3-2-7-14(15)18(26-19)24-13-16(17-9-6-12-28-17)27-10-4-1-5-11-27/h2-3,6-9,12,16H,1,4-5,10-11,13H2,(H,24,25,26)/t16-/m0/s1. The minimum Gasteiger partial charge on any atom is -0.468 e. The van der Waals surface area contributed by atoms with E-state index in [9.17, 15) is 13.2 Å². The van der Waals surface area contributed by atoms with Crippen molar-refractivity contribution in [2.45, 2.75) is 31.5 Å². The van der Waals surface area contributed by atoms with Crippen LogP contribution in [-0.2, 0) is 6.18 Å². The number of piperidine rings is 1. The molecule has 0 radical (unpaired) electrons. The van der Waals surface area contributed by atoms with E-state index in [1.54, 1.807) is 30.5 Å². The molecule has 2 aromatic heterocycles. The van der Waals surface area contributed by atoms with Crippen molar-refractivity contribution >= 4 is 16.7 Å². The van der Waals surface area contributed by atoms with Crippen LogP contribution in [0.2, 0.25) is 0 Å². The number of benzene rings is 1. The maximum atomic E-state index is 13.2. The van der Waals surface area contributed by atoms with Gasteiger partial charge in [0.25, 0.3) is 0 Å². The smallest absolute Gasteiger partial charge is 0.451 e. The number of aromatic nitrogens is 2. The van der Waals surface area contributed by atoms with Gasteiger partial charge in [0.2, 0.25) is 5.82 Å². The molecule has 148 valence electrons. The van der Waals surface area contributed by atoms with Gasteiger partial charge in [0.15, 0.2) is 0 Å². The van der Waals surface area contributed by atoms with E-state index in [1.807, 2.05) is 12.1 Å². The lowest BCUT2D eigenvalue weighted by Crippen LogP contribution is -2.37. The van der Waals surface area contributed by atoms with Crippen LogP contribution in [-0.4, -0.2) is 34.5 Å². The number of nitrogens with one attached hydrogen (secondary N) is 1. The number of anilines is 1. The summed E-state index contributed by atoms with van der Waals surface area (Å²) in [5.74, 6) is -0.156. The third kappa shape index (κ3) is 3.96. The SMILES string of the molecule is FC(F)(F)c1nc(NC[C@@H](c2ccco2)N2CCCCC2)c2ccccc2n1. The summed E-state index contributed by atoms with van der Waals surface area (Å²) < 4.78 is 45.3. The zero-order chi connectivity index (χ0) is 19.6. The number of nitrogens with zero attached hydrogens (tertiary/aromatic N) is 3. The molecule has 0 saturated carbocycles. The number of rotatable bonds is 5. The first-order valence-electron chi connectivity index (χ1n) is 9.38. The summed E-state index contributed by atoms with van der Waals surface area (Å²) in [6.07, 6.45) is 0.417. The van der Waals surface area contributed by atoms with E-state index in [4.69, 9.17) is 4.42 Å². The minimum atomic E-state index is -4.60. The number of alkyl halides is 3. The van der Waals surface area contributed by atoms with E-state index in [0.29, 0.717) is 11.9 Å². The van der Waals surface area contributed by atoms with Crippen LogP contribution in [0, 0.1) is 0 Å². The summed E-state index contributed by atoms with van der Waals surface area (Å²) >= 11 is 0.